The van der Waals surface area contributed by atoms with Crippen molar-refractivity contribution in [2.24, 2.45) is 0 Å². The van der Waals surface area contributed by atoms with E-state index in [0.29, 0.717) is 23.5 Å². The Bertz CT molecular complexity index is 1510. The van der Waals surface area contributed by atoms with Crippen molar-refractivity contribution in [3.63, 3.8) is 0 Å². The lowest BCUT2D eigenvalue weighted by atomic mass is 9.87. The molecule has 0 aliphatic carbocycles. The number of likely N-dealkylation sites (tertiary alicyclic amines) is 1. The van der Waals surface area contributed by atoms with E-state index in [1.165, 1.54) is 19.3 Å². The number of amides is 2. The van der Waals surface area contributed by atoms with Gasteiger partial charge in [0.2, 0.25) is 0 Å². The molecule has 2 heterocycles. The zero-order chi connectivity index (χ0) is 29.1. The highest BCUT2D eigenvalue weighted by molar-refractivity contribution is 6.10. The van der Waals surface area contributed by atoms with Crippen molar-refractivity contribution in [2.45, 2.75) is 77.9 Å². The van der Waals surface area contributed by atoms with Gasteiger partial charge in [0.25, 0.3) is 0 Å². The zero-order valence-electron chi connectivity index (χ0n) is 25.1. The van der Waals surface area contributed by atoms with Crippen molar-refractivity contribution in [2.75, 3.05) is 17.7 Å². The maximum atomic E-state index is 13.2. The molecule has 1 aliphatic heterocycles. The number of carbonyl (C=O) groups excluding carboxylic acids is 1. The van der Waals surface area contributed by atoms with E-state index in [2.05, 4.69) is 74.4 Å². The van der Waals surface area contributed by atoms with Crippen molar-refractivity contribution in [3.8, 4) is 16.9 Å². The van der Waals surface area contributed by atoms with E-state index in [9.17, 15) is 4.79 Å². The Morgan fingerprint density at radius 1 is 0.927 bits per heavy atom. The summed E-state index contributed by atoms with van der Waals surface area (Å²) in [6.07, 6.45) is 5.79. The van der Waals surface area contributed by atoms with Crippen LogP contribution in [0.4, 0.5) is 16.2 Å². The Balaban J connectivity index is 1.36. The number of urea groups is 1. The number of aromatic nitrogens is 1. The highest BCUT2D eigenvalue weighted by Crippen LogP contribution is 2.35. The van der Waals surface area contributed by atoms with E-state index < -0.39 is 0 Å². The van der Waals surface area contributed by atoms with Crippen LogP contribution in [0.2, 0.25) is 0 Å². The molecule has 0 bridgehead atoms. The van der Waals surface area contributed by atoms with E-state index in [1.807, 2.05) is 48.7 Å². The number of nitrogens with zero attached hydrogens (tertiary/aromatic N) is 2. The number of hydrogen-bond acceptors (Lipinski definition) is 4. The van der Waals surface area contributed by atoms with E-state index in [-0.39, 0.29) is 11.4 Å². The van der Waals surface area contributed by atoms with E-state index in [4.69, 9.17) is 9.72 Å². The molecule has 0 radical (unpaired) electrons. The van der Waals surface area contributed by atoms with Gasteiger partial charge in [-0.1, -0.05) is 69.7 Å². The summed E-state index contributed by atoms with van der Waals surface area (Å²) >= 11 is 0. The molecular weight excluding hydrogens is 508 g/mol. The fraction of sp³-hybridized carbons (Fsp3) is 0.371. The van der Waals surface area contributed by atoms with Crippen LogP contribution in [0.1, 0.15) is 65.1 Å². The first-order valence-electron chi connectivity index (χ1n) is 14.6. The van der Waals surface area contributed by atoms with Crippen molar-refractivity contribution < 1.29 is 9.53 Å². The largest absolute Gasteiger partial charge is 0.495 e. The van der Waals surface area contributed by atoms with Gasteiger partial charge in [-0.2, -0.15) is 0 Å². The first-order valence-corrected chi connectivity index (χ1v) is 14.6. The molecule has 3 aromatic carbocycles. The second kappa shape index (κ2) is 11.9. The third kappa shape index (κ3) is 6.38. The Kier molecular flexibility index (Phi) is 8.32. The summed E-state index contributed by atoms with van der Waals surface area (Å²) in [6, 6.07) is 23.2. The first kappa shape index (κ1) is 28.6. The van der Waals surface area contributed by atoms with Gasteiger partial charge in [-0.25, -0.2) is 4.79 Å². The summed E-state index contributed by atoms with van der Waals surface area (Å²) in [5.41, 5.74) is 5.68. The SMILES string of the molecule is COc1ccc(C(C)(C)C)cc1NC(=O)Nc1ccc(-c2ccc(CN3C(C)CCCC3C)nc2)c2ccccc12. The van der Waals surface area contributed by atoms with Gasteiger partial charge in [-0.15, -0.1) is 0 Å². The lowest BCUT2D eigenvalue weighted by Crippen LogP contribution is -2.43. The average molecular weight is 551 g/mol. The number of pyridine rings is 1. The molecule has 214 valence electrons. The molecule has 0 spiro atoms. The predicted octanol–water partition coefficient (Wildman–Crippen LogP) is 8.61. The Morgan fingerprint density at radius 3 is 2.29 bits per heavy atom. The monoisotopic (exact) mass is 550 g/mol. The van der Waals surface area contributed by atoms with Gasteiger partial charge in [0, 0.05) is 35.8 Å². The van der Waals surface area contributed by atoms with E-state index >= 15 is 0 Å². The molecule has 6 nitrogen and oxygen atoms in total. The van der Waals surface area contributed by atoms with Crippen LogP contribution in [0, 0.1) is 0 Å². The maximum Gasteiger partial charge on any atom is 0.323 e. The van der Waals surface area contributed by atoms with Crippen LogP contribution in [0.25, 0.3) is 21.9 Å². The van der Waals surface area contributed by atoms with Gasteiger partial charge in [0.1, 0.15) is 5.75 Å². The highest BCUT2D eigenvalue weighted by atomic mass is 16.5. The van der Waals surface area contributed by atoms with Crippen molar-refractivity contribution >= 4 is 28.2 Å². The van der Waals surface area contributed by atoms with Crippen LogP contribution in [0.3, 0.4) is 0 Å². The number of ether oxygens (including phenoxy) is 1. The molecule has 0 saturated carbocycles. The maximum absolute atomic E-state index is 13.2. The van der Waals surface area contributed by atoms with Crippen LogP contribution in [-0.2, 0) is 12.0 Å². The van der Waals surface area contributed by atoms with Crippen molar-refractivity contribution in [3.05, 3.63) is 84.2 Å². The topological polar surface area (TPSA) is 66.5 Å². The lowest BCUT2D eigenvalue weighted by molar-refractivity contribution is 0.0938. The fourth-order valence-electron chi connectivity index (χ4n) is 5.86. The summed E-state index contributed by atoms with van der Waals surface area (Å²) < 4.78 is 5.51. The average Bonchev–Trinajstić information content (AvgIpc) is 2.95. The smallest absolute Gasteiger partial charge is 0.323 e. The molecule has 1 fully saturated rings. The highest BCUT2D eigenvalue weighted by Gasteiger charge is 2.25. The number of carbonyl (C=O) groups is 1. The summed E-state index contributed by atoms with van der Waals surface area (Å²) in [5.74, 6) is 0.619. The summed E-state index contributed by atoms with van der Waals surface area (Å²) in [7, 11) is 1.61. The molecular formula is C35H42N4O2. The minimum atomic E-state index is -0.320. The zero-order valence-corrected chi connectivity index (χ0v) is 25.1. The normalized spacial score (nSPS) is 17.8. The number of benzene rings is 3. The summed E-state index contributed by atoms with van der Waals surface area (Å²) in [6.45, 7) is 12.0. The number of anilines is 2. The summed E-state index contributed by atoms with van der Waals surface area (Å²) in [4.78, 5) is 20.6. The molecule has 2 N–H and O–H groups in total. The van der Waals surface area contributed by atoms with Gasteiger partial charge >= 0.3 is 6.03 Å². The van der Waals surface area contributed by atoms with E-state index in [0.717, 1.165) is 45.4 Å². The van der Waals surface area contributed by atoms with Crippen LogP contribution in [0.15, 0.2) is 72.9 Å². The standard InChI is InChI=1S/C35H42N4O2/c1-23-10-9-11-24(2)39(23)22-27-16-14-25(21-36-27)28-17-18-31(30-13-8-7-12-29(28)30)37-34(40)38-32-20-26(35(3,4)5)15-19-33(32)41-6/h7-8,12-21,23-24H,9-11,22H2,1-6H3,(H2,37,38,40). The predicted molar refractivity (Wildman–Crippen MR) is 170 cm³/mol. The van der Waals surface area contributed by atoms with Crippen molar-refractivity contribution in [1.82, 2.24) is 9.88 Å². The van der Waals surface area contributed by atoms with Gasteiger partial charge in [-0.3, -0.25) is 9.88 Å². The Morgan fingerprint density at radius 2 is 1.63 bits per heavy atom. The molecule has 1 saturated heterocycles. The number of fused-ring (bicyclic) bond motifs is 1. The minimum absolute atomic E-state index is 0.0529. The van der Waals surface area contributed by atoms with Gasteiger partial charge in [0.15, 0.2) is 0 Å². The summed E-state index contributed by atoms with van der Waals surface area (Å²) in [5, 5.41) is 8.08. The van der Waals surface area contributed by atoms with Crippen LogP contribution in [-0.4, -0.2) is 35.1 Å². The molecule has 1 aliphatic rings. The third-order valence-corrected chi connectivity index (χ3v) is 8.34. The molecule has 1 aromatic heterocycles. The van der Waals surface area contributed by atoms with Crippen LogP contribution < -0.4 is 15.4 Å². The van der Waals surface area contributed by atoms with Gasteiger partial charge in [-0.05, 0) is 72.9 Å². The second-order valence-corrected chi connectivity index (χ2v) is 12.3. The lowest BCUT2D eigenvalue weighted by Gasteiger charge is -2.38. The molecule has 4 aromatic rings. The third-order valence-electron chi connectivity index (χ3n) is 8.34. The Hall–Kier alpha value is -3.90. The van der Waals surface area contributed by atoms with Gasteiger partial charge in [0.05, 0.1) is 24.2 Å². The number of methoxy groups -OCH3 is 1. The molecule has 2 atom stereocenters. The van der Waals surface area contributed by atoms with E-state index in [1.54, 1.807) is 7.11 Å². The van der Waals surface area contributed by atoms with Crippen molar-refractivity contribution in [1.29, 1.82) is 0 Å². The number of piperidine rings is 1. The molecule has 2 amide bonds. The quantitative estimate of drug-likeness (QED) is 0.252. The molecule has 2 unspecified atom stereocenters. The number of hydrogen-bond donors (Lipinski definition) is 2. The Labute approximate surface area is 244 Å². The van der Waals surface area contributed by atoms with Crippen LogP contribution >= 0.6 is 0 Å². The van der Waals surface area contributed by atoms with Gasteiger partial charge < -0.3 is 15.4 Å². The number of nitrogens with one attached hydrogen (secondary N) is 2. The second-order valence-electron chi connectivity index (χ2n) is 12.3. The molecule has 6 heteroatoms. The fourth-order valence-corrected chi connectivity index (χ4v) is 5.86. The minimum Gasteiger partial charge on any atom is -0.495 e. The molecule has 5 rings (SSSR count). The number of rotatable bonds is 6. The molecule has 41 heavy (non-hydrogen) atoms. The first-order chi connectivity index (χ1) is 19.6. The van der Waals surface area contributed by atoms with Crippen LogP contribution in [0.5, 0.6) is 5.75 Å².